The maximum absolute atomic E-state index is 11.3. The third-order valence-corrected chi connectivity index (χ3v) is 1.42. The molecular formula is C9H16N3O5P. The lowest BCUT2D eigenvalue weighted by molar-refractivity contribution is 0.0927. The van der Waals surface area contributed by atoms with Gasteiger partial charge in [-0.1, -0.05) is 0 Å². The van der Waals surface area contributed by atoms with Crippen LogP contribution < -0.4 is 10.9 Å². The molecule has 0 saturated heterocycles. The molecule has 18 heavy (non-hydrogen) atoms. The van der Waals surface area contributed by atoms with Crippen LogP contribution in [0.1, 0.15) is 24.2 Å². The molecule has 0 spiro atoms. The van der Waals surface area contributed by atoms with Crippen LogP contribution >= 0.6 is 7.82 Å². The number of rotatable bonds is 3. The summed E-state index contributed by atoms with van der Waals surface area (Å²) in [5.74, 6) is -0.142. The van der Waals surface area contributed by atoms with Gasteiger partial charge < -0.3 is 14.7 Å². The van der Waals surface area contributed by atoms with Crippen LogP contribution in [0, 0.1) is 0 Å². The molecule has 0 radical (unpaired) electrons. The fourth-order valence-corrected chi connectivity index (χ4v) is 0.785. The minimum Gasteiger partial charge on any atom is -0.303 e. The van der Waals surface area contributed by atoms with E-state index >= 15 is 0 Å². The highest BCUT2D eigenvalue weighted by Gasteiger charge is 2.03. The van der Waals surface area contributed by atoms with Gasteiger partial charge in [-0.25, -0.2) is 9.99 Å². The zero-order chi connectivity index (χ0) is 14.2. The SMILES string of the molecule is CC(C)NNC(=O)c1ccncc1.O=P(O)(O)O. The number of amides is 1. The second-order valence-corrected chi connectivity index (χ2v) is 4.53. The Balaban J connectivity index is 0.000000494. The van der Waals surface area contributed by atoms with Crippen LogP contribution in [-0.2, 0) is 4.57 Å². The minimum absolute atomic E-state index is 0.142. The molecule has 0 aliphatic heterocycles. The molecule has 0 fully saturated rings. The number of pyridine rings is 1. The van der Waals surface area contributed by atoms with Crippen LogP contribution in [0.3, 0.4) is 0 Å². The third kappa shape index (κ3) is 11.2. The molecule has 9 heteroatoms. The van der Waals surface area contributed by atoms with Gasteiger partial charge in [-0.3, -0.25) is 15.2 Å². The van der Waals surface area contributed by atoms with Crippen LogP contribution in [-0.4, -0.2) is 31.6 Å². The smallest absolute Gasteiger partial charge is 0.303 e. The van der Waals surface area contributed by atoms with Crippen molar-refractivity contribution in [2.45, 2.75) is 19.9 Å². The van der Waals surface area contributed by atoms with E-state index in [2.05, 4.69) is 15.8 Å². The van der Waals surface area contributed by atoms with Gasteiger partial charge in [-0.05, 0) is 26.0 Å². The van der Waals surface area contributed by atoms with Gasteiger partial charge in [0, 0.05) is 24.0 Å². The highest BCUT2D eigenvalue weighted by atomic mass is 31.2. The summed E-state index contributed by atoms with van der Waals surface area (Å²) in [6, 6.07) is 3.56. The average molecular weight is 277 g/mol. The van der Waals surface area contributed by atoms with Crippen molar-refractivity contribution < 1.29 is 24.0 Å². The highest BCUT2D eigenvalue weighted by molar-refractivity contribution is 7.45. The van der Waals surface area contributed by atoms with E-state index in [1.165, 1.54) is 0 Å². The number of carbonyl (C=O) groups is 1. The summed E-state index contributed by atoms with van der Waals surface area (Å²) in [6.07, 6.45) is 3.18. The van der Waals surface area contributed by atoms with E-state index in [0.29, 0.717) is 5.56 Å². The molecule has 1 amide bonds. The van der Waals surface area contributed by atoms with Crippen LogP contribution in [0.2, 0.25) is 0 Å². The van der Waals surface area contributed by atoms with Gasteiger partial charge in [0.25, 0.3) is 5.91 Å². The first-order valence-corrected chi connectivity index (χ1v) is 6.51. The van der Waals surface area contributed by atoms with Crippen LogP contribution in [0.4, 0.5) is 0 Å². The van der Waals surface area contributed by atoms with Crippen molar-refractivity contribution in [3.63, 3.8) is 0 Å². The summed E-state index contributed by atoms with van der Waals surface area (Å²) in [5.41, 5.74) is 6.01. The molecule has 102 valence electrons. The Hall–Kier alpha value is -1.31. The molecule has 8 nitrogen and oxygen atoms in total. The average Bonchev–Trinajstić information content (AvgIpc) is 2.25. The van der Waals surface area contributed by atoms with Crippen LogP contribution in [0.15, 0.2) is 24.5 Å². The Morgan fingerprint density at radius 1 is 1.28 bits per heavy atom. The number of hydrogen-bond acceptors (Lipinski definition) is 4. The van der Waals surface area contributed by atoms with Crippen molar-refractivity contribution in [1.82, 2.24) is 15.8 Å². The molecule has 0 unspecified atom stereocenters. The van der Waals surface area contributed by atoms with E-state index < -0.39 is 7.82 Å². The van der Waals surface area contributed by atoms with Crippen molar-refractivity contribution in [2.24, 2.45) is 0 Å². The van der Waals surface area contributed by atoms with Crippen molar-refractivity contribution in [2.75, 3.05) is 0 Å². The number of aromatic nitrogens is 1. The van der Waals surface area contributed by atoms with Crippen LogP contribution in [0.25, 0.3) is 0 Å². The van der Waals surface area contributed by atoms with E-state index in [4.69, 9.17) is 19.2 Å². The van der Waals surface area contributed by atoms with Gasteiger partial charge in [-0.15, -0.1) is 0 Å². The standard InChI is InChI=1S/C9H13N3O.H3O4P/c1-7(2)11-12-9(13)8-3-5-10-6-4-8;1-5(2,3)4/h3-7,11H,1-2H3,(H,12,13);(H3,1,2,3,4). The van der Waals surface area contributed by atoms with Crippen molar-refractivity contribution in [3.8, 4) is 0 Å². The Kier molecular flexibility index (Phi) is 7.33. The zero-order valence-corrected chi connectivity index (χ0v) is 10.8. The molecule has 5 N–H and O–H groups in total. The lowest BCUT2D eigenvalue weighted by Gasteiger charge is -2.09. The molecule has 0 bridgehead atoms. The van der Waals surface area contributed by atoms with E-state index in [-0.39, 0.29) is 11.9 Å². The lowest BCUT2D eigenvalue weighted by Crippen LogP contribution is -2.41. The predicted molar refractivity (Wildman–Crippen MR) is 64.2 cm³/mol. The number of carbonyl (C=O) groups excluding carboxylic acids is 1. The molecule has 1 aromatic rings. The third-order valence-electron chi connectivity index (χ3n) is 1.42. The first kappa shape index (κ1) is 16.7. The molecule has 0 atom stereocenters. The maximum atomic E-state index is 11.3. The maximum Gasteiger partial charge on any atom is 0.466 e. The Labute approximate surface area is 104 Å². The Morgan fingerprint density at radius 3 is 2.11 bits per heavy atom. The Bertz CT molecular complexity index is 398. The second kappa shape index (κ2) is 7.91. The minimum atomic E-state index is -4.64. The van der Waals surface area contributed by atoms with Crippen molar-refractivity contribution in [1.29, 1.82) is 0 Å². The number of hydrazine groups is 1. The molecule has 1 heterocycles. The summed E-state index contributed by atoms with van der Waals surface area (Å²) in [6.45, 7) is 3.90. The largest absolute Gasteiger partial charge is 0.466 e. The quantitative estimate of drug-likeness (QED) is 0.381. The molecule has 0 saturated carbocycles. The topological polar surface area (TPSA) is 132 Å². The fraction of sp³-hybridized carbons (Fsp3) is 0.333. The van der Waals surface area contributed by atoms with Gasteiger partial charge >= 0.3 is 7.82 Å². The number of hydrogen-bond donors (Lipinski definition) is 5. The van der Waals surface area contributed by atoms with Crippen molar-refractivity contribution in [3.05, 3.63) is 30.1 Å². The number of nitrogens with zero attached hydrogens (tertiary/aromatic N) is 1. The second-order valence-electron chi connectivity index (χ2n) is 3.50. The predicted octanol–water partition coefficient (Wildman–Crippen LogP) is -0.204. The highest BCUT2D eigenvalue weighted by Crippen LogP contribution is 2.25. The number of nitrogens with one attached hydrogen (secondary N) is 2. The lowest BCUT2D eigenvalue weighted by atomic mass is 10.2. The first-order valence-electron chi connectivity index (χ1n) is 4.94. The van der Waals surface area contributed by atoms with Gasteiger partial charge in [0.05, 0.1) is 0 Å². The summed E-state index contributed by atoms with van der Waals surface area (Å²) >= 11 is 0. The van der Waals surface area contributed by atoms with Gasteiger partial charge in [0.2, 0.25) is 0 Å². The molecule has 1 aromatic heterocycles. The van der Waals surface area contributed by atoms with Gasteiger partial charge in [-0.2, -0.15) is 0 Å². The molecule has 1 rings (SSSR count). The monoisotopic (exact) mass is 277 g/mol. The molecule has 0 aliphatic carbocycles. The summed E-state index contributed by atoms with van der Waals surface area (Å²) in [4.78, 5) is 36.7. The van der Waals surface area contributed by atoms with Crippen LogP contribution in [0.5, 0.6) is 0 Å². The van der Waals surface area contributed by atoms with Crippen molar-refractivity contribution >= 4 is 13.7 Å². The first-order chi connectivity index (χ1) is 8.20. The number of phosphoric acid groups is 1. The normalized spacial score (nSPS) is 10.6. The van der Waals surface area contributed by atoms with E-state index in [9.17, 15) is 4.79 Å². The summed E-state index contributed by atoms with van der Waals surface area (Å²) in [5, 5.41) is 0. The van der Waals surface area contributed by atoms with Gasteiger partial charge in [0.1, 0.15) is 0 Å². The zero-order valence-electron chi connectivity index (χ0n) is 9.94. The molecule has 0 aliphatic rings. The van der Waals surface area contributed by atoms with E-state index in [1.807, 2.05) is 13.8 Å². The summed E-state index contributed by atoms with van der Waals surface area (Å²) < 4.78 is 8.88. The fourth-order valence-electron chi connectivity index (χ4n) is 0.785. The summed E-state index contributed by atoms with van der Waals surface area (Å²) in [7, 11) is -4.64. The molecular weight excluding hydrogens is 261 g/mol. The molecule has 0 aromatic carbocycles. The van der Waals surface area contributed by atoms with E-state index in [0.717, 1.165) is 0 Å². The van der Waals surface area contributed by atoms with E-state index in [1.54, 1.807) is 24.5 Å². The van der Waals surface area contributed by atoms with Gasteiger partial charge in [0.15, 0.2) is 0 Å². The Morgan fingerprint density at radius 2 is 1.72 bits per heavy atom.